The SMILES string of the molecule is CCOC(=O)C[C@@H]1O[C@H](COCc2ccccc2)[C@@H](OCc2ccccc2)C[C@H]1O[Si](C)(C)C(C)(C)C. The van der Waals surface area contributed by atoms with Crippen LogP contribution in [0.4, 0.5) is 0 Å². The minimum Gasteiger partial charge on any atom is -0.466 e. The maximum absolute atomic E-state index is 12.5. The zero-order valence-electron chi connectivity index (χ0n) is 23.3. The van der Waals surface area contributed by atoms with E-state index in [0.29, 0.717) is 32.8 Å². The lowest BCUT2D eigenvalue weighted by Gasteiger charge is -2.46. The molecule has 2 aromatic carbocycles. The predicted molar refractivity (Wildman–Crippen MR) is 148 cm³/mol. The quantitative estimate of drug-likeness (QED) is 0.238. The van der Waals surface area contributed by atoms with Gasteiger partial charge in [-0.2, -0.15) is 0 Å². The molecule has 0 aliphatic carbocycles. The zero-order chi connectivity index (χ0) is 26.9. The smallest absolute Gasteiger partial charge is 0.308 e. The van der Waals surface area contributed by atoms with E-state index in [1.165, 1.54) is 0 Å². The molecule has 7 heteroatoms. The Hall–Kier alpha value is -2.03. The fourth-order valence-electron chi connectivity index (χ4n) is 4.14. The molecule has 0 spiro atoms. The van der Waals surface area contributed by atoms with Crippen molar-refractivity contribution in [3.63, 3.8) is 0 Å². The summed E-state index contributed by atoms with van der Waals surface area (Å²) in [6, 6.07) is 20.2. The Kier molecular flexibility index (Phi) is 10.9. The normalized spacial score (nSPS) is 22.5. The first kappa shape index (κ1) is 29.5. The van der Waals surface area contributed by atoms with Crippen LogP contribution in [-0.2, 0) is 41.4 Å². The van der Waals surface area contributed by atoms with Crippen molar-refractivity contribution in [2.24, 2.45) is 0 Å². The minimum absolute atomic E-state index is 0.0253. The Morgan fingerprint density at radius 3 is 2.08 bits per heavy atom. The summed E-state index contributed by atoms with van der Waals surface area (Å²) in [5, 5.41) is 0.0253. The summed E-state index contributed by atoms with van der Waals surface area (Å²) in [6.07, 6.45) is -0.474. The largest absolute Gasteiger partial charge is 0.466 e. The van der Waals surface area contributed by atoms with Crippen molar-refractivity contribution in [1.82, 2.24) is 0 Å². The topological polar surface area (TPSA) is 63.2 Å². The lowest BCUT2D eigenvalue weighted by atomic mass is 9.96. The number of ether oxygens (including phenoxy) is 4. The van der Waals surface area contributed by atoms with Crippen LogP contribution in [0.3, 0.4) is 0 Å². The van der Waals surface area contributed by atoms with Crippen LogP contribution in [0, 0.1) is 0 Å². The first-order valence-electron chi connectivity index (χ1n) is 13.3. The van der Waals surface area contributed by atoms with Crippen LogP contribution in [0.1, 0.15) is 51.7 Å². The third-order valence-corrected chi connectivity index (χ3v) is 11.8. The number of benzene rings is 2. The van der Waals surface area contributed by atoms with E-state index in [9.17, 15) is 4.79 Å². The van der Waals surface area contributed by atoms with E-state index in [2.05, 4.69) is 46.0 Å². The number of rotatable bonds is 12. The summed E-state index contributed by atoms with van der Waals surface area (Å²) in [7, 11) is -2.13. The van der Waals surface area contributed by atoms with Gasteiger partial charge in [-0.3, -0.25) is 4.79 Å². The van der Waals surface area contributed by atoms with Crippen LogP contribution in [0.5, 0.6) is 0 Å². The van der Waals surface area contributed by atoms with Gasteiger partial charge >= 0.3 is 5.97 Å². The molecule has 3 rings (SSSR count). The molecule has 1 heterocycles. The number of carbonyl (C=O) groups is 1. The standard InChI is InChI=1S/C30H44O6Si/c1-7-33-29(31)19-26-27(36-37(5,6)30(2,3)4)18-25(34-21-24-16-12-9-13-17-24)28(35-26)22-32-20-23-14-10-8-11-15-23/h8-17,25-28H,7,18-22H2,1-6H3/t25-,26-,27+,28+/m0/s1. The van der Waals surface area contributed by atoms with Gasteiger partial charge in [0.2, 0.25) is 0 Å². The lowest BCUT2D eigenvalue weighted by Crippen LogP contribution is -2.55. The summed E-state index contributed by atoms with van der Waals surface area (Å²) >= 11 is 0. The summed E-state index contributed by atoms with van der Waals surface area (Å²) in [5.74, 6) is -0.274. The van der Waals surface area contributed by atoms with Crippen molar-refractivity contribution in [3.05, 3.63) is 71.8 Å². The molecule has 1 aliphatic rings. The summed E-state index contributed by atoms with van der Waals surface area (Å²) < 4.78 is 31.2. The van der Waals surface area contributed by atoms with Crippen LogP contribution in [-0.4, -0.2) is 51.9 Å². The molecule has 6 nitrogen and oxygen atoms in total. The van der Waals surface area contributed by atoms with Gasteiger partial charge in [-0.25, -0.2) is 0 Å². The molecule has 0 aromatic heterocycles. The molecule has 0 radical (unpaired) electrons. The van der Waals surface area contributed by atoms with Gasteiger partial charge in [0.05, 0.1) is 51.2 Å². The average molecular weight is 529 g/mol. The van der Waals surface area contributed by atoms with E-state index in [0.717, 1.165) is 11.1 Å². The van der Waals surface area contributed by atoms with Crippen LogP contribution >= 0.6 is 0 Å². The molecule has 4 atom stereocenters. The van der Waals surface area contributed by atoms with Crippen LogP contribution in [0.15, 0.2) is 60.7 Å². The Morgan fingerprint density at radius 2 is 1.51 bits per heavy atom. The van der Waals surface area contributed by atoms with Crippen molar-refractivity contribution in [2.45, 2.75) is 96.3 Å². The number of hydrogen-bond donors (Lipinski definition) is 0. The molecule has 1 aliphatic heterocycles. The molecule has 1 saturated heterocycles. The highest BCUT2D eigenvalue weighted by atomic mass is 28.4. The molecule has 2 aromatic rings. The van der Waals surface area contributed by atoms with Gasteiger partial charge in [-0.1, -0.05) is 81.4 Å². The molecule has 0 unspecified atom stereocenters. The molecule has 0 N–H and O–H groups in total. The first-order valence-corrected chi connectivity index (χ1v) is 16.3. The Morgan fingerprint density at radius 1 is 0.919 bits per heavy atom. The van der Waals surface area contributed by atoms with E-state index in [1.54, 1.807) is 0 Å². The van der Waals surface area contributed by atoms with Crippen molar-refractivity contribution in [3.8, 4) is 0 Å². The van der Waals surface area contributed by atoms with Gasteiger partial charge in [0.1, 0.15) is 6.10 Å². The summed E-state index contributed by atoms with van der Waals surface area (Å²) in [4.78, 5) is 12.5. The summed E-state index contributed by atoms with van der Waals surface area (Å²) in [6.45, 7) is 14.6. The maximum atomic E-state index is 12.5. The number of hydrogen-bond acceptors (Lipinski definition) is 6. The van der Waals surface area contributed by atoms with Gasteiger partial charge in [0.15, 0.2) is 8.32 Å². The third-order valence-electron chi connectivity index (χ3n) is 7.27. The van der Waals surface area contributed by atoms with E-state index in [1.807, 2.05) is 55.5 Å². The number of carbonyl (C=O) groups excluding carboxylic acids is 1. The Balaban J connectivity index is 1.78. The van der Waals surface area contributed by atoms with Gasteiger partial charge in [-0.15, -0.1) is 0 Å². The Bertz CT molecular complexity index is 944. The first-order chi connectivity index (χ1) is 17.6. The van der Waals surface area contributed by atoms with Crippen LogP contribution in [0.2, 0.25) is 18.1 Å². The second kappa shape index (κ2) is 13.7. The molecule has 0 bridgehead atoms. The monoisotopic (exact) mass is 528 g/mol. The fourth-order valence-corrected chi connectivity index (χ4v) is 5.50. The second-order valence-corrected chi connectivity index (χ2v) is 16.0. The van der Waals surface area contributed by atoms with Crippen molar-refractivity contribution >= 4 is 14.3 Å². The van der Waals surface area contributed by atoms with Gasteiger partial charge in [0, 0.05) is 6.42 Å². The highest BCUT2D eigenvalue weighted by Gasteiger charge is 2.46. The van der Waals surface area contributed by atoms with E-state index >= 15 is 0 Å². The number of esters is 1. The van der Waals surface area contributed by atoms with Gasteiger partial charge in [-0.05, 0) is 36.2 Å². The summed E-state index contributed by atoms with van der Waals surface area (Å²) in [5.41, 5.74) is 2.20. The van der Waals surface area contributed by atoms with Gasteiger partial charge < -0.3 is 23.4 Å². The average Bonchev–Trinajstić information content (AvgIpc) is 2.85. The van der Waals surface area contributed by atoms with Gasteiger partial charge in [0.25, 0.3) is 0 Å². The molecule has 204 valence electrons. The van der Waals surface area contributed by atoms with E-state index in [4.69, 9.17) is 23.4 Å². The molecule has 37 heavy (non-hydrogen) atoms. The zero-order valence-corrected chi connectivity index (χ0v) is 24.3. The van der Waals surface area contributed by atoms with Crippen molar-refractivity contribution in [2.75, 3.05) is 13.2 Å². The van der Waals surface area contributed by atoms with Crippen molar-refractivity contribution < 1.29 is 28.2 Å². The highest BCUT2D eigenvalue weighted by molar-refractivity contribution is 6.74. The minimum atomic E-state index is -2.13. The third kappa shape index (κ3) is 9.04. The maximum Gasteiger partial charge on any atom is 0.308 e. The molecular weight excluding hydrogens is 484 g/mol. The molecule has 0 saturated carbocycles. The molecule has 0 amide bonds. The molecule has 1 fully saturated rings. The second-order valence-electron chi connectivity index (χ2n) is 11.2. The fraction of sp³-hybridized carbons (Fsp3) is 0.567. The Labute approximate surface area is 223 Å². The van der Waals surface area contributed by atoms with Crippen LogP contribution < -0.4 is 0 Å². The predicted octanol–water partition coefficient (Wildman–Crippen LogP) is 6.29. The van der Waals surface area contributed by atoms with E-state index < -0.39 is 14.4 Å². The van der Waals surface area contributed by atoms with Crippen molar-refractivity contribution in [1.29, 1.82) is 0 Å². The lowest BCUT2D eigenvalue weighted by molar-refractivity contribution is -0.204. The van der Waals surface area contributed by atoms with E-state index in [-0.39, 0.29) is 35.7 Å². The molecular formula is C30H44O6Si. The highest BCUT2D eigenvalue weighted by Crippen LogP contribution is 2.40. The van der Waals surface area contributed by atoms with Crippen LogP contribution in [0.25, 0.3) is 0 Å².